The van der Waals surface area contributed by atoms with Crippen LogP contribution >= 0.6 is 0 Å². The van der Waals surface area contributed by atoms with E-state index in [0.29, 0.717) is 0 Å². The van der Waals surface area contributed by atoms with Gasteiger partial charge in [0.2, 0.25) is 0 Å². The molecule has 0 atom stereocenters. The zero-order valence-electron chi connectivity index (χ0n) is 6.96. The van der Waals surface area contributed by atoms with Crippen LogP contribution in [0.25, 0.3) is 0 Å². The van der Waals surface area contributed by atoms with Crippen LogP contribution in [-0.4, -0.2) is 24.4 Å². The van der Waals surface area contributed by atoms with E-state index in [1.54, 1.807) is 0 Å². The molecule has 0 aliphatic heterocycles. The molecule has 0 unspecified atom stereocenters. The van der Waals surface area contributed by atoms with Gasteiger partial charge in [-0.25, -0.2) is 8.78 Å². The maximum atomic E-state index is 11.9. The van der Waals surface area contributed by atoms with Crippen molar-refractivity contribution in [3.63, 3.8) is 0 Å². The van der Waals surface area contributed by atoms with Crippen molar-refractivity contribution in [1.29, 1.82) is 0 Å². The molecule has 1 rings (SSSR count). The van der Waals surface area contributed by atoms with Gasteiger partial charge in [-0.2, -0.15) is 0 Å². The van der Waals surface area contributed by atoms with Crippen LogP contribution < -0.4 is 0 Å². The molecule has 2 N–H and O–H groups in total. The van der Waals surface area contributed by atoms with Crippen molar-refractivity contribution in [1.82, 2.24) is 0 Å². The van der Waals surface area contributed by atoms with E-state index >= 15 is 0 Å². The molecule has 0 bridgehead atoms. The van der Waals surface area contributed by atoms with Crippen LogP contribution in [0.4, 0.5) is 8.78 Å². The van der Waals surface area contributed by atoms with Crippen LogP contribution in [0.15, 0.2) is 24.3 Å². The highest BCUT2D eigenvalue weighted by atomic mass is 19.2. The molecule has 0 fully saturated rings. The number of aliphatic hydroxyl groups excluding tert-OH is 2. The molecule has 0 radical (unpaired) electrons. The van der Waals surface area contributed by atoms with Gasteiger partial charge in [0.05, 0.1) is 0 Å². The predicted octanol–water partition coefficient (Wildman–Crippen LogP) is 1.18. The highest BCUT2D eigenvalue weighted by molar-refractivity contribution is 5.05. The molecule has 0 aromatic heterocycles. The number of benzene rings is 1. The van der Waals surface area contributed by atoms with Crippen molar-refractivity contribution < 1.29 is 19.0 Å². The fourth-order valence-electron chi connectivity index (χ4n) is 0.439. The topological polar surface area (TPSA) is 40.5 Å². The average Bonchev–Trinajstić information content (AvgIpc) is 2.17. The Balaban J connectivity index is 0. The zero-order valence-corrected chi connectivity index (χ0v) is 6.96. The molecular formula is C8H12F2O2. The molecule has 4 heteroatoms. The van der Waals surface area contributed by atoms with Crippen molar-refractivity contribution in [2.24, 2.45) is 0 Å². The molecule has 0 spiro atoms. The van der Waals surface area contributed by atoms with E-state index in [-0.39, 0.29) is 0 Å². The van der Waals surface area contributed by atoms with E-state index in [2.05, 4.69) is 0 Å². The summed E-state index contributed by atoms with van der Waals surface area (Å²) in [6, 6.07) is 5.04. The van der Waals surface area contributed by atoms with Gasteiger partial charge in [-0.3, -0.25) is 0 Å². The minimum Gasteiger partial charge on any atom is -0.400 e. The minimum absolute atomic E-state index is 0.799. The van der Waals surface area contributed by atoms with Crippen molar-refractivity contribution >= 4 is 0 Å². The third kappa shape index (κ3) is 5.76. The molecule has 1 aromatic carbocycles. The maximum absolute atomic E-state index is 11.9. The Morgan fingerprint density at radius 2 is 1.08 bits per heavy atom. The molecular weight excluding hydrogens is 166 g/mol. The summed E-state index contributed by atoms with van der Waals surface area (Å²) in [5.41, 5.74) is 0. The highest BCUT2D eigenvalue weighted by Gasteiger charge is 1.93. The Bertz CT molecular complexity index is 171. The summed E-state index contributed by atoms with van der Waals surface area (Å²) in [5, 5.41) is 14.0. The molecule has 1 aromatic rings. The first-order chi connectivity index (χ1) is 5.80. The fourth-order valence-corrected chi connectivity index (χ4v) is 0.439. The van der Waals surface area contributed by atoms with E-state index in [4.69, 9.17) is 10.2 Å². The molecule has 0 saturated carbocycles. The second-order valence-corrected chi connectivity index (χ2v) is 1.41. The first-order valence-corrected chi connectivity index (χ1v) is 3.10. The van der Waals surface area contributed by atoms with Gasteiger partial charge < -0.3 is 10.2 Å². The second-order valence-electron chi connectivity index (χ2n) is 1.41. The normalized spacial score (nSPS) is 7.17. The van der Waals surface area contributed by atoms with Gasteiger partial charge in [-0.15, -0.1) is 0 Å². The Morgan fingerprint density at radius 1 is 0.833 bits per heavy atom. The van der Waals surface area contributed by atoms with E-state index in [1.165, 1.54) is 12.1 Å². The van der Waals surface area contributed by atoms with Crippen molar-refractivity contribution in [2.75, 3.05) is 14.2 Å². The number of hydrogen-bond acceptors (Lipinski definition) is 2. The lowest BCUT2D eigenvalue weighted by Crippen LogP contribution is -1.77. The Labute approximate surface area is 70.1 Å². The fraction of sp³-hybridized carbons (Fsp3) is 0.250. The maximum Gasteiger partial charge on any atom is 0.158 e. The Morgan fingerprint density at radius 3 is 1.25 bits per heavy atom. The van der Waals surface area contributed by atoms with Gasteiger partial charge in [0.15, 0.2) is 11.6 Å². The molecule has 0 saturated heterocycles. The summed E-state index contributed by atoms with van der Waals surface area (Å²) in [6.07, 6.45) is 0. The summed E-state index contributed by atoms with van der Waals surface area (Å²) in [6.45, 7) is 0. The summed E-state index contributed by atoms with van der Waals surface area (Å²) < 4.78 is 23.9. The minimum atomic E-state index is -0.799. The van der Waals surface area contributed by atoms with Crippen LogP contribution in [0.3, 0.4) is 0 Å². The Hall–Kier alpha value is -1.00. The third-order valence-corrected chi connectivity index (χ3v) is 0.824. The lowest BCUT2D eigenvalue weighted by molar-refractivity contribution is 0.399. The molecule has 0 amide bonds. The number of aliphatic hydroxyl groups is 2. The van der Waals surface area contributed by atoms with Crippen molar-refractivity contribution in [2.45, 2.75) is 0 Å². The SMILES string of the molecule is CO.CO.Fc1ccccc1F. The molecule has 0 aliphatic rings. The highest BCUT2D eigenvalue weighted by Crippen LogP contribution is 2.01. The molecule has 70 valence electrons. The number of rotatable bonds is 0. The van der Waals surface area contributed by atoms with Crippen LogP contribution in [0, 0.1) is 11.6 Å². The number of halogens is 2. The van der Waals surface area contributed by atoms with Crippen LogP contribution in [-0.2, 0) is 0 Å². The number of hydrogen-bond donors (Lipinski definition) is 2. The molecule has 0 aliphatic carbocycles. The first kappa shape index (κ1) is 13.6. The van der Waals surface area contributed by atoms with Gasteiger partial charge in [-0.1, -0.05) is 12.1 Å². The van der Waals surface area contributed by atoms with E-state index < -0.39 is 11.6 Å². The lowest BCUT2D eigenvalue weighted by Gasteiger charge is -1.85. The summed E-state index contributed by atoms with van der Waals surface area (Å²) in [4.78, 5) is 0. The van der Waals surface area contributed by atoms with Gasteiger partial charge in [0.1, 0.15) is 0 Å². The summed E-state index contributed by atoms with van der Waals surface area (Å²) in [7, 11) is 2.00. The van der Waals surface area contributed by atoms with Gasteiger partial charge in [-0.05, 0) is 12.1 Å². The summed E-state index contributed by atoms with van der Waals surface area (Å²) in [5.74, 6) is -1.60. The first-order valence-electron chi connectivity index (χ1n) is 3.10. The lowest BCUT2D eigenvalue weighted by atomic mass is 10.3. The van der Waals surface area contributed by atoms with E-state index in [1.807, 2.05) is 0 Å². The molecule has 12 heavy (non-hydrogen) atoms. The van der Waals surface area contributed by atoms with Crippen LogP contribution in [0.2, 0.25) is 0 Å². The van der Waals surface area contributed by atoms with Gasteiger partial charge in [0.25, 0.3) is 0 Å². The summed E-state index contributed by atoms with van der Waals surface area (Å²) >= 11 is 0. The van der Waals surface area contributed by atoms with Crippen molar-refractivity contribution in [3.05, 3.63) is 35.9 Å². The smallest absolute Gasteiger partial charge is 0.158 e. The second kappa shape index (κ2) is 10.0. The monoisotopic (exact) mass is 178 g/mol. The Kier molecular flexibility index (Phi) is 11.3. The largest absolute Gasteiger partial charge is 0.400 e. The molecule has 0 heterocycles. The quantitative estimate of drug-likeness (QED) is 0.626. The molecule has 2 nitrogen and oxygen atoms in total. The van der Waals surface area contributed by atoms with E-state index in [0.717, 1.165) is 26.4 Å². The third-order valence-electron chi connectivity index (χ3n) is 0.824. The van der Waals surface area contributed by atoms with Crippen molar-refractivity contribution in [3.8, 4) is 0 Å². The van der Waals surface area contributed by atoms with Crippen LogP contribution in [0.1, 0.15) is 0 Å². The standard InChI is InChI=1S/C6H4F2.2CH4O/c7-5-3-1-2-4-6(5)8;2*1-2/h1-4H;2*2H,1H3. The van der Waals surface area contributed by atoms with Gasteiger partial charge >= 0.3 is 0 Å². The zero-order chi connectivity index (χ0) is 9.98. The van der Waals surface area contributed by atoms with Gasteiger partial charge in [0, 0.05) is 14.2 Å². The van der Waals surface area contributed by atoms with Crippen LogP contribution in [0.5, 0.6) is 0 Å². The predicted molar refractivity (Wildman–Crippen MR) is 42.6 cm³/mol. The van der Waals surface area contributed by atoms with E-state index in [9.17, 15) is 8.78 Å². The average molecular weight is 178 g/mol.